The summed E-state index contributed by atoms with van der Waals surface area (Å²) in [5, 5.41) is 6.56. The zero-order valence-electron chi connectivity index (χ0n) is 23.0. The molecule has 1 heterocycles. The Hall–Kier alpha value is -3.39. The molecule has 0 spiro atoms. The third kappa shape index (κ3) is 8.30. The standard InChI is InChI=1S/C31H38ClN5O2/c1-23-7-9-24(10-8-23)13-14-33-30(38)26-11-12-29(37-19-17-36(18-20-37)16-15-35(2)3)28(22-26)34-31(39)25-5-4-6-27(32)21-25/h4-12,21-22H,13-20H2,1-3H3,(H,33,38)(H,34,39). The lowest BCUT2D eigenvalue weighted by Crippen LogP contribution is -2.48. The van der Waals surface area contributed by atoms with Crippen molar-refractivity contribution in [2.45, 2.75) is 13.3 Å². The Morgan fingerprint density at radius 2 is 1.62 bits per heavy atom. The molecule has 206 valence electrons. The number of nitrogens with one attached hydrogen (secondary N) is 2. The zero-order valence-corrected chi connectivity index (χ0v) is 23.8. The lowest BCUT2D eigenvalue weighted by molar-refractivity contribution is 0.0952. The second-order valence-corrected chi connectivity index (χ2v) is 10.8. The van der Waals surface area contributed by atoms with Crippen LogP contribution in [0.25, 0.3) is 0 Å². The Balaban J connectivity index is 1.48. The molecular weight excluding hydrogens is 510 g/mol. The van der Waals surface area contributed by atoms with Crippen molar-refractivity contribution in [3.63, 3.8) is 0 Å². The molecule has 2 amide bonds. The minimum atomic E-state index is -0.264. The van der Waals surface area contributed by atoms with Crippen molar-refractivity contribution in [2.24, 2.45) is 0 Å². The number of piperazine rings is 1. The van der Waals surface area contributed by atoms with E-state index in [2.05, 4.69) is 70.6 Å². The van der Waals surface area contributed by atoms with Gasteiger partial charge in [-0.2, -0.15) is 0 Å². The van der Waals surface area contributed by atoms with Crippen LogP contribution in [0.5, 0.6) is 0 Å². The highest BCUT2D eigenvalue weighted by Gasteiger charge is 2.21. The molecule has 2 N–H and O–H groups in total. The van der Waals surface area contributed by atoms with Gasteiger partial charge in [-0.25, -0.2) is 0 Å². The number of hydrogen-bond donors (Lipinski definition) is 2. The fourth-order valence-electron chi connectivity index (χ4n) is 4.61. The molecule has 3 aromatic rings. The zero-order chi connectivity index (χ0) is 27.8. The van der Waals surface area contributed by atoms with Crippen molar-refractivity contribution in [1.29, 1.82) is 0 Å². The molecule has 0 bridgehead atoms. The van der Waals surface area contributed by atoms with Crippen LogP contribution in [-0.2, 0) is 6.42 Å². The first kappa shape index (κ1) is 28.6. The number of halogens is 1. The summed E-state index contributed by atoms with van der Waals surface area (Å²) in [5.41, 5.74) is 4.89. The molecule has 3 aromatic carbocycles. The van der Waals surface area contributed by atoms with Gasteiger partial charge in [0.1, 0.15) is 0 Å². The van der Waals surface area contributed by atoms with E-state index in [1.54, 1.807) is 30.3 Å². The van der Waals surface area contributed by atoms with Gasteiger partial charge in [-0.05, 0) is 69.4 Å². The summed E-state index contributed by atoms with van der Waals surface area (Å²) in [4.78, 5) is 33.1. The number of rotatable bonds is 10. The SMILES string of the molecule is Cc1ccc(CCNC(=O)c2ccc(N3CCN(CCN(C)C)CC3)c(NC(=O)c3cccc(Cl)c3)c2)cc1. The molecule has 1 fully saturated rings. The van der Waals surface area contributed by atoms with E-state index in [0.29, 0.717) is 28.4 Å². The van der Waals surface area contributed by atoms with Gasteiger partial charge in [-0.3, -0.25) is 14.5 Å². The minimum absolute atomic E-state index is 0.166. The molecule has 0 unspecified atom stereocenters. The van der Waals surface area contributed by atoms with Crippen LogP contribution < -0.4 is 15.5 Å². The van der Waals surface area contributed by atoms with Crippen LogP contribution in [0.1, 0.15) is 31.8 Å². The highest BCUT2D eigenvalue weighted by Crippen LogP contribution is 2.29. The maximum atomic E-state index is 13.1. The van der Waals surface area contributed by atoms with E-state index in [4.69, 9.17) is 11.6 Å². The number of hydrogen-bond acceptors (Lipinski definition) is 5. The Bertz CT molecular complexity index is 1270. The number of aryl methyl sites for hydroxylation is 1. The Morgan fingerprint density at radius 1 is 0.897 bits per heavy atom. The van der Waals surface area contributed by atoms with E-state index in [1.165, 1.54) is 11.1 Å². The minimum Gasteiger partial charge on any atom is -0.367 e. The normalized spacial score (nSPS) is 13.9. The molecule has 1 saturated heterocycles. The summed E-state index contributed by atoms with van der Waals surface area (Å²) in [7, 11) is 4.18. The van der Waals surface area contributed by atoms with Gasteiger partial charge in [0.15, 0.2) is 0 Å². The van der Waals surface area contributed by atoms with Crippen molar-refractivity contribution in [1.82, 2.24) is 15.1 Å². The van der Waals surface area contributed by atoms with E-state index in [9.17, 15) is 9.59 Å². The van der Waals surface area contributed by atoms with E-state index >= 15 is 0 Å². The van der Waals surface area contributed by atoms with Crippen molar-refractivity contribution in [3.8, 4) is 0 Å². The molecular formula is C31H38ClN5O2. The first-order valence-electron chi connectivity index (χ1n) is 13.5. The van der Waals surface area contributed by atoms with Crippen LogP contribution in [0, 0.1) is 6.92 Å². The Labute approximate surface area is 236 Å². The van der Waals surface area contributed by atoms with Gasteiger partial charge in [0.25, 0.3) is 11.8 Å². The number of nitrogens with zero attached hydrogens (tertiary/aromatic N) is 3. The molecule has 0 atom stereocenters. The van der Waals surface area contributed by atoms with E-state index in [1.807, 2.05) is 12.1 Å². The topological polar surface area (TPSA) is 67.9 Å². The van der Waals surface area contributed by atoms with Crippen molar-refractivity contribution in [2.75, 3.05) is 70.1 Å². The van der Waals surface area contributed by atoms with Crippen molar-refractivity contribution >= 4 is 34.8 Å². The molecule has 0 saturated carbocycles. The molecule has 0 aliphatic carbocycles. The van der Waals surface area contributed by atoms with E-state index in [-0.39, 0.29) is 11.8 Å². The predicted octanol–water partition coefficient (Wildman–Crippen LogP) is 4.56. The number of likely N-dealkylation sites (N-methyl/N-ethyl adjacent to an activating group) is 1. The fraction of sp³-hybridized carbons (Fsp3) is 0.355. The Kier molecular flexibility index (Phi) is 9.98. The average Bonchev–Trinajstić information content (AvgIpc) is 2.93. The summed E-state index contributed by atoms with van der Waals surface area (Å²) in [6, 6.07) is 20.7. The summed E-state index contributed by atoms with van der Waals surface area (Å²) in [5.74, 6) is -0.430. The third-order valence-electron chi connectivity index (χ3n) is 6.99. The van der Waals surface area contributed by atoms with Crippen molar-refractivity contribution in [3.05, 3.63) is 94.0 Å². The molecule has 0 aromatic heterocycles. The highest BCUT2D eigenvalue weighted by molar-refractivity contribution is 6.31. The highest BCUT2D eigenvalue weighted by atomic mass is 35.5. The smallest absolute Gasteiger partial charge is 0.255 e. The van der Waals surface area contributed by atoms with Gasteiger partial charge < -0.3 is 20.4 Å². The van der Waals surface area contributed by atoms with Gasteiger partial charge in [0.05, 0.1) is 11.4 Å². The van der Waals surface area contributed by atoms with Gasteiger partial charge in [-0.15, -0.1) is 0 Å². The van der Waals surface area contributed by atoms with E-state index < -0.39 is 0 Å². The third-order valence-corrected chi connectivity index (χ3v) is 7.23. The molecule has 1 aliphatic rings. The second kappa shape index (κ2) is 13.6. The quantitative estimate of drug-likeness (QED) is 0.389. The van der Waals surface area contributed by atoms with Crippen LogP contribution in [0.2, 0.25) is 5.02 Å². The maximum Gasteiger partial charge on any atom is 0.255 e. The summed E-state index contributed by atoms with van der Waals surface area (Å²) in [6.45, 7) is 8.21. The summed E-state index contributed by atoms with van der Waals surface area (Å²) < 4.78 is 0. The predicted molar refractivity (Wildman–Crippen MR) is 160 cm³/mol. The number of benzene rings is 3. The average molecular weight is 548 g/mol. The molecule has 0 radical (unpaired) electrons. The van der Waals surface area contributed by atoms with Crippen molar-refractivity contribution < 1.29 is 9.59 Å². The monoisotopic (exact) mass is 547 g/mol. The molecule has 39 heavy (non-hydrogen) atoms. The molecule has 7 nitrogen and oxygen atoms in total. The lowest BCUT2D eigenvalue weighted by atomic mass is 10.1. The van der Waals surface area contributed by atoms with Gasteiger partial charge >= 0.3 is 0 Å². The van der Waals surface area contributed by atoms with Gasteiger partial charge in [0.2, 0.25) is 0 Å². The second-order valence-electron chi connectivity index (χ2n) is 10.3. The van der Waals surface area contributed by atoms with Gasteiger partial charge in [-0.1, -0.05) is 47.5 Å². The number of carbonyl (C=O) groups is 2. The fourth-order valence-corrected chi connectivity index (χ4v) is 4.80. The molecule has 1 aliphatic heterocycles. The number of amides is 2. The maximum absolute atomic E-state index is 13.1. The van der Waals surface area contributed by atoms with Gasteiger partial charge in [0, 0.05) is 62.0 Å². The molecule has 4 rings (SSSR count). The number of carbonyl (C=O) groups excluding carboxylic acids is 2. The molecule has 8 heteroatoms. The van der Waals surface area contributed by atoms with Crippen LogP contribution in [0.3, 0.4) is 0 Å². The summed E-state index contributed by atoms with van der Waals surface area (Å²) >= 11 is 6.12. The van der Waals surface area contributed by atoms with E-state index in [0.717, 1.165) is 51.4 Å². The Morgan fingerprint density at radius 3 is 2.31 bits per heavy atom. The lowest BCUT2D eigenvalue weighted by Gasteiger charge is -2.37. The summed E-state index contributed by atoms with van der Waals surface area (Å²) in [6.07, 6.45) is 0.751. The largest absolute Gasteiger partial charge is 0.367 e. The number of anilines is 2. The van der Waals surface area contributed by atoms with Crippen LogP contribution in [-0.4, -0.2) is 81.5 Å². The van der Waals surface area contributed by atoms with Crippen LogP contribution in [0.4, 0.5) is 11.4 Å². The van der Waals surface area contributed by atoms with Crippen LogP contribution >= 0.6 is 11.6 Å². The first-order chi connectivity index (χ1) is 18.8. The van der Waals surface area contributed by atoms with Crippen LogP contribution in [0.15, 0.2) is 66.7 Å². The first-order valence-corrected chi connectivity index (χ1v) is 13.8.